The van der Waals surface area contributed by atoms with Gasteiger partial charge in [-0.2, -0.15) is 5.10 Å². The number of rotatable bonds is 6. The summed E-state index contributed by atoms with van der Waals surface area (Å²) >= 11 is 7.47. The summed E-state index contributed by atoms with van der Waals surface area (Å²) in [7, 11) is -3.32. The number of sulfone groups is 1. The summed E-state index contributed by atoms with van der Waals surface area (Å²) in [5.41, 5.74) is 1.80. The van der Waals surface area contributed by atoms with Gasteiger partial charge >= 0.3 is 0 Å². The predicted molar refractivity (Wildman–Crippen MR) is 158 cm³/mol. The zero-order valence-electron chi connectivity index (χ0n) is 23.0. The quantitative estimate of drug-likeness (QED) is 0.262. The second-order valence-electron chi connectivity index (χ2n) is 11.7. The number of thiophene rings is 1. The van der Waals surface area contributed by atoms with Gasteiger partial charge in [0.15, 0.2) is 9.84 Å². The number of nitrogens with zero attached hydrogens (tertiary/aromatic N) is 2. The molecule has 0 aliphatic carbocycles. The third-order valence-electron chi connectivity index (χ3n) is 7.15. The summed E-state index contributed by atoms with van der Waals surface area (Å²) in [5.74, 6) is 0.368. The molecule has 1 amide bonds. The molecule has 0 fully saturated rings. The van der Waals surface area contributed by atoms with Crippen LogP contribution in [0.2, 0.25) is 5.02 Å². The van der Waals surface area contributed by atoms with Crippen molar-refractivity contribution < 1.29 is 13.2 Å². The Labute approximate surface area is 233 Å². The Morgan fingerprint density at radius 1 is 0.921 bits per heavy atom. The van der Waals surface area contributed by atoms with Crippen molar-refractivity contribution in [3.05, 3.63) is 81.3 Å². The van der Waals surface area contributed by atoms with Gasteiger partial charge in [0.05, 0.1) is 20.9 Å². The van der Waals surface area contributed by atoms with E-state index in [1.54, 1.807) is 13.8 Å². The van der Waals surface area contributed by atoms with E-state index in [0.717, 1.165) is 21.3 Å². The Kier molecular flexibility index (Phi) is 7.09. The van der Waals surface area contributed by atoms with Crippen molar-refractivity contribution in [3.63, 3.8) is 0 Å². The minimum absolute atomic E-state index is 0.239. The molecule has 0 aliphatic heterocycles. The number of hydrogen-bond acceptors (Lipinski definition) is 5. The van der Waals surface area contributed by atoms with Gasteiger partial charge in [0.2, 0.25) is 0 Å². The van der Waals surface area contributed by atoms with E-state index in [-0.39, 0.29) is 11.4 Å². The summed E-state index contributed by atoms with van der Waals surface area (Å²) in [6.45, 7) is 13.7. The van der Waals surface area contributed by atoms with Gasteiger partial charge in [-0.15, -0.1) is 11.3 Å². The van der Waals surface area contributed by atoms with Gasteiger partial charge in [-0.1, -0.05) is 43.6 Å². The minimum atomic E-state index is -3.32. The second kappa shape index (κ2) is 9.50. The number of anilines is 1. The summed E-state index contributed by atoms with van der Waals surface area (Å²) < 4.78 is 26.4. The van der Waals surface area contributed by atoms with Gasteiger partial charge in [0.1, 0.15) is 5.82 Å². The smallest absolute Gasteiger partial charge is 0.266 e. The lowest BCUT2D eigenvalue weighted by molar-refractivity contribution is 0.102. The third-order valence-corrected chi connectivity index (χ3v) is 10.6. The van der Waals surface area contributed by atoms with Gasteiger partial charge < -0.3 is 5.32 Å². The number of fused-ring (bicyclic) bond motifs is 1. The molecule has 38 heavy (non-hydrogen) atoms. The van der Waals surface area contributed by atoms with E-state index < -0.39 is 20.0 Å². The van der Waals surface area contributed by atoms with Crippen LogP contribution in [0.25, 0.3) is 10.1 Å². The van der Waals surface area contributed by atoms with Gasteiger partial charge in [-0.3, -0.25) is 4.79 Å². The maximum Gasteiger partial charge on any atom is 0.266 e. The summed E-state index contributed by atoms with van der Waals surface area (Å²) in [5, 5.41) is 9.50. The zero-order chi connectivity index (χ0) is 28.3. The largest absolute Gasteiger partial charge is 0.306 e. The molecule has 0 aliphatic rings. The van der Waals surface area contributed by atoms with E-state index in [1.165, 1.54) is 17.6 Å². The van der Waals surface area contributed by atoms with Crippen molar-refractivity contribution in [3.8, 4) is 0 Å². The first-order valence-corrected chi connectivity index (χ1v) is 15.4. The molecule has 0 saturated heterocycles. The molecule has 1 N–H and O–H groups in total. The van der Waals surface area contributed by atoms with Gasteiger partial charge in [0, 0.05) is 27.5 Å². The van der Waals surface area contributed by atoms with Gasteiger partial charge in [-0.05, 0) is 81.5 Å². The molecule has 0 bridgehead atoms. The lowest BCUT2D eigenvalue weighted by Crippen LogP contribution is -2.27. The SMILES string of the molecule is CC(C)(c1ccc(Cl)cc1)c1cc(NC(=O)c2cc3cc(C(C)(C)S(C)(=O)=O)ccc3s2)n(C(C)(C)C)n1. The number of amides is 1. The Hall–Kier alpha value is -2.68. The fraction of sp³-hybridized carbons (Fsp3) is 0.379. The van der Waals surface area contributed by atoms with E-state index in [2.05, 4.69) is 19.2 Å². The van der Waals surface area contributed by atoms with Crippen LogP contribution in [0.1, 0.15) is 75.0 Å². The highest BCUT2D eigenvalue weighted by Crippen LogP contribution is 2.36. The highest BCUT2D eigenvalue weighted by molar-refractivity contribution is 7.91. The zero-order valence-corrected chi connectivity index (χ0v) is 25.4. The number of aromatic nitrogens is 2. The second-order valence-corrected chi connectivity index (χ2v) is 15.8. The standard InChI is InChI=1S/C29H34ClN3O3S2/c1-27(2,3)33-25(17-24(32-33)28(4,5)19-9-12-21(30)13-10-19)31-26(34)23-16-18-15-20(11-14-22(18)37-23)29(6,7)38(8,35)36/h9-17H,1-8H3,(H,31,34). The molecule has 0 spiro atoms. The van der Waals surface area contributed by atoms with E-state index >= 15 is 0 Å². The Balaban J connectivity index is 1.69. The van der Waals surface area contributed by atoms with E-state index in [4.69, 9.17) is 16.7 Å². The number of benzene rings is 2. The molecule has 4 rings (SSSR count). The monoisotopic (exact) mass is 571 g/mol. The molecule has 2 heterocycles. The lowest BCUT2D eigenvalue weighted by atomic mass is 9.81. The fourth-order valence-corrected chi connectivity index (χ4v) is 5.84. The molecule has 0 radical (unpaired) electrons. The number of nitrogens with one attached hydrogen (secondary N) is 1. The molecular formula is C29H34ClN3O3S2. The summed E-state index contributed by atoms with van der Waals surface area (Å²) in [6, 6.07) is 17.0. The van der Waals surface area contributed by atoms with Crippen molar-refractivity contribution in [2.75, 3.05) is 11.6 Å². The van der Waals surface area contributed by atoms with Crippen LogP contribution in [0.3, 0.4) is 0 Å². The number of carbonyl (C=O) groups is 1. The first kappa shape index (κ1) is 28.3. The van der Waals surface area contributed by atoms with Crippen LogP contribution < -0.4 is 5.32 Å². The maximum absolute atomic E-state index is 13.4. The van der Waals surface area contributed by atoms with Gasteiger partial charge in [-0.25, -0.2) is 13.1 Å². The van der Waals surface area contributed by atoms with E-state index in [1.807, 2.05) is 80.1 Å². The molecule has 6 nitrogen and oxygen atoms in total. The average molecular weight is 572 g/mol. The molecule has 0 unspecified atom stereocenters. The van der Waals surface area contributed by atoms with Crippen molar-refractivity contribution in [1.82, 2.24) is 9.78 Å². The highest BCUT2D eigenvalue weighted by Gasteiger charge is 2.33. The predicted octanol–water partition coefficient (Wildman–Crippen LogP) is 7.36. The normalized spacial score (nSPS) is 13.2. The topological polar surface area (TPSA) is 81.1 Å². The van der Waals surface area contributed by atoms with Crippen LogP contribution in [-0.2, 0) is 25.5 Å². The number of hydrogen-bond donors (Lipinski definition) is 1. The Morgan fingerprint density at radius 3 is 2.11 bits per heavy atom. The van der Waals surface area contributed by atoms with Crippen LogP contribution in [0, 0.1) is 0 Å². The fourth-order valence-electron chi connectivity index (χ4n) is 4.22. The van der Waals surface area contributed by atoms with Gasteiger partial charge in [0.25, 0.3) is 5.91 Å². The first-order valence-electron chi connectivity index (χ1n) is 12.3. The highest BCUT2D eigenvalue weighted by atomic mass is 35.5. The molecule has 2 aromatic heterocycles. The Morgan fingerprint density at radius 2 is 1.53 bits per heavy atom. The van der Waals surface area contributed by atoms with Crippen molar-refractivity contribution >= 4 is 54.6 Å². The maximum atomic E-state index is 13.4. The van der Waals surface area contributed by atoms with E-state index in [9.17, 15) is 13.2 Å². The molecule has 9 heteroatoms. The lowest BCUT2D eigenvalue weighted by Gasteiger charge is -2.25. The average Bonchev–Trinajstić information content (AvgIpc) is 3.43. The van der Waals surface area contributed by atoms with Crippen LogP contribution in [0.5, 0.6) is 0 Å². The number of carbonyl (C=O) groups excluding carboxylic acids is 1. The molecule has 0 atom stereocenters. The third kappa shape index (κ3) is 5.26. The van der Waals surface area contributed by atoms with Crippen molar-refractivity contribution in [2.24, 2.45) is 0 Å². The van der Waals surface area contributed by atoms with Crippen molar-refractivity contribution in [2.45, 2.75) is 64.2 Å². The van der Waals surface area contributed by atoms with E-state index in [0.29, 0.717) is 21.3 Å². The Bertz CT molecular complexity index is 1620. The molecule has 2 aromatic carbocycles. The first-order chi connectivity index (χ1) is 17.4. The number of halogens is 1. The van der Waals surface area contributed by atoms with Crippen LogP contribution in [-0.4, -0.2) is 30.4 Å². The van der Waals surface area contributed by atoms with Crippen LogP contribution in [0.4, 0.5) is 5.82 Å². The molecule has 4 aromatic rings. The van der Waals surface area contributed by atoms with Crippen LogP contribution in [0.15, 0.2) is 54.6 Å². The summed E-state index contributed by atoms with van der Waals surface area (Å²) in [6.07, 6.45) is 1.24. The van der Waals surface area contributed by atoms with Crippen molar-refractivity contribution in [1.29, 1.82) is 0 Å². The molecule has 0 saturated carbocycles. The van der Waals surface area contributed by atoms with Crippen LogP contribution >= 0.6 is 22.9 Å². The minimum Gasteiger partial charge on any atom is -0.306 e. The summed E-state index contributed by atoms with van der Waals surface area (Å²) in [4.78, 5) is 14.0. The molecule has 202 valence electrons. The molecular weight excluding hydrogens is 538 g/mol.